The van der Waals surface area contributed by atoms with Crippen molar-refractivity contribution in [2.75, 3.05) is 5.32 Å². The van der Waals surface area contributed by atoms with E-state index in [9.17, 15) is 14.4 Å². The lowest BCUT2D eigenvalue weighted by atomic mass is 10.0. The number of amides is 1. The Balaban J connectivity index is 1.46. The normalized spacial score (nSPS) is 10.6. The minimum Gasteiger partial charge on any atom is -0.298 e. The quantitative estimate of drug-likeness (QED) is 0.279. The lowest BCUT2D eigenvalue weighted by Gasteiger charge is -2.04. The van der Waals surface area contributed by atoms with Gasteiger partial charge in [-0.15, -0.1) is 11.3 Å². The molecule has 5 nitrogen and oxygen atoms in total. The SMILES string of the molecule is Cc1sc(NC(=O)c2ccc(C(=O)C(=O)c3ccccc3)cc2)nc1-c1ccc(Cl)cc1. The maximum absolute atomic E-state index is 12.6. The first-order valence-corrected chi connectivity index (χ1v) is 10.9. The molecule has 7 heteroatoms. The van der Waals surface area contributed by atoms with E-state index in [4.69, 9.17) is 11.6 Å². The average molecular weight is 461 g/mol. The third kappa shape index (κ3) is 4.66. The van der Waals surface area contributed by atoms with Crippen LogP contribution in [-0.4, -0.2) is 22.5 Å². The van der Waals surface area contributed by atoms with Crippen molar-refractivity contribution in [3.05, 3.63) is 105 Å². The lowest BCUT2D eigenvalue weighted by molar-refractivity contribution is 0.0817. The van der Waals surface area contributed by atoms with Crippen molar-refractivity contribution in [3.63, 3.8) is 0 Å². The van der Waals surface area contributed by atoms with Crippen LogP contribution in [0.4, 0.5) is 5.13 Å². The molecule has 0 aliphatic heterocycles. The van der Waals surface area contributed by atoms with Gasteiger partial charge in [-0.1, -0.05) is 66.2 Å². The Morgan fingerprint density at radius 2 is 1.34 bits per heavy atom. The molecule has 4 aromatic rings. The van der Waals surface area contributed by atoms with Gasteiger partial charge in [0, 0.05) is 32.2 Å². The van der Waals surface area contributed by atoms with Gasteiger partial charge in [0.25, 0.3) is 5.91 Å². The first kappa shape index (κ1) is 21.6. The fourth-order valence-corrected chi connectivity index (χ4v) is 4.08. The summed E-state index contributed by atoms with van der Waals surface area (Å²) in [6.45, 7) is 1.93. The number of hydrogen-bond acceptors (Lipinski definition) is 5. The van der Waals surface area contributed by atoms with Crippen LogP contribution in [0.15, 0.2) is 78.9 Å². The molecule has 0 aliphatic rings. The van der Waals surface area contributed by atoms with E-state index in [1.807, 2.05) is 19.1 Å². The van der Waals surface area contributed by atoms with Gasteiger partial charge in [0.1, 0.15) is 0 Å². The molecule has 32 heavy (non-hydrogen) atoms. The fourth-order valence-electron chi connectivity index (χ4n) is 3.12. The number of carbonyl (C=O) groups is 3. The van der Waals surface area contributed by atoms with Gasteiger partial charge in [-0.2, -0.15) is 0 Å². The van der Waals surface area contributed by atoms with Gasteiger partial charge in [-0.3, -0.25) is 19.7 Å². The monoisotopic (exact) mass is 460 g/mol. The standard InChI is InChI=1S/C25H17ClN2O3S/c1-15-21(16-11-13-20(26)14-12-16)27-25(32-15)28-24(31)19-9-7-18(8-10-19)23(30)22(29)17-5-3-2-4-6-17/h2-14H,1H3,(H,27,28,31). The topological polar surface area (TPSA) is 76.1 Å². The molecule has 1 N–H and O–H groups in total. The molecule has 1 amide bonds. The van der Waals surface area contributed by atoms with Crippen LogP contribution >= 0.6 is 22.9 Å². The van der Waals surface area contributed by atoms with E-state index in [-0.39, 0.29) is 11.5 Å². The summed E-state index contributed by atoms with van der Waals surface area (Å²) in [7, 11) is 0. The molecule has 0 saturated heterocycles. The van der Waals surface area contributed by atoms with Crippen LogP contribution in [0.3, 0.4) is 0 Å². The number of aromatic nitrogens is 1. The van der Waals surface area contributed by atoms with E-state index < -0.39 is 11.6 Å². The molecule has 1 heterocycles. The molecule has 3 aromatic carbocycles. The average Bonchev–Trinajstić information content (AvgIpc) is 3.19. The number of anilines is 1. The zero-order valence-corrected chi connectivity index (χ0v) is 18.5. The zero-order valence-electron chi connectivity index (χ0n) is 17.0. The highest BCUT2D eigenvalue weighted by molar-refractivity contribution is 7.16. The second-order valence-electron chi connectivity index (χ2n) is 6.99. The van der Waals surface area contributed by atoms with E-state index in [0.29, 0.717) is 21.3 Å². The number of carbonyl (C=O) groups excluding carboxylic acids is 3. The zero-order chi connectivity index (χ0) is 22.7. The number of hydrogen-bond donors (Lipinski definition) is 1. The van der Waals surface area contributed by atoms with Crippen LogP contribution in [0.1, 0.15) is 36.0 Å². The number of ketones is 2. The minimum absolute atomic E-state index is 0.227. The molecular formula is C25H17ClN2O3S. The van der Waals surface area contributed by atoms with Gasteiger partial charge in [0.15, 0.2) is 5.13 Å². The summed E-state index contributed by atoms with van der Waals surface area (Å²) >= 11 is 7.32. The first-order chi connectivity index (χ1) is 15.4. The van der Waals surface area contributed by atoms with E-state index >= 15 is 0 Å². The van der Waals surface area contributed by atoms with Crippen molar-refractivity contribution < 1.29 is 14.4 Å². The van der Waals surface area contributed by atoms with Crippen LogP contribution in [-0.2, 0) is 0 Å². The van der Waals surface area contributed by atoms with Crippen LogP contribution in [0.2, 0.25) is 5.02 Å². The summed E-state index contributed by atoms with van der Waals surface area (Å²) in [6.07, 6.45) is 0. The summed E-state index contributed by atoms with van der Waals surface area (Å²) < 4.78 is 0. The summed E-state index contributed by atoms with van der Waals surface area (Å²) in [5, 5.41) is 3.90. The predicted octanol–water partition coefficient (Wildman–Crippen LogP) is 6.09. The van der Waals surface area contributed by atoms with Crippen LogP contribution in [0.25, 0.3) is 11.3 Å². The maximum Gasteiger partial charge on any atom is 0.257 e. The molecule has 158 valence electrons. The van der Waals surface area contributed by atoms with Crippen molar-refractivity contribution in [3.8, 4) is 11.3 Å². The molecular weight excluding hydrogens is 444 g/mol. The summed E-state index contributed by atoms with van der Waals surface area (Å²) in [4.78, 5) is 42.9. The summed E-state index contributed by atoms with van der Waals surface area (Å²) in [5.74, 6) is -1.56. The molecule has 0 radical (unpaired) electrons. The first-order valence-electron chi connectivity index (χ1n) is 9.71. The second kappa shape index (κ2) is 9.26. The van der Waals surface area contributed by atoms with Crippen molar-refractivity contribution in [1.82, 2.24) is 4.98 Å². The van der Waals surface area contributed by atoms with Gasteiger partial charge >= 0.3 is 0 Å². The Morgan fingerprint density at radius 1 is 0.781 bits per heavy atom. The number of benzene rings is 3. The van der Waals surface area contributed by atoms with Crippen molar-refractivity contribution >= 4 is 45.5 Å². The highest BCUT2D eigenvalue weighted by atomic mass is 35.5. The van der Waals surface area contributed by atoms with Crippen LogP contribution < -0.4 is 5.32 Å². The van der Waals surface area contributed by atoms with Gasteiger partial charge in [0.2, 0.25) is 11.6 Å². The highest BCUT2D eigenvalue weighted by Crippen LogP contribution is 2.31. The van der Waals surface area contributed by atoms with Gasteiger partial charge in [-0.25, -0.2) is 4.98 Å². The van der Waals surface area contributed by atoms with E-state index in [1.54, 1.807) is 42.5 Å². The third-order valence-corrected chi connectivity index (χ3v) is 5.92. The largest absolute Gasteiger partial charge is 0.298 e. The van der Waals surface area contributed by atoms with Gasteiger partial charge in [-0.05, 0) is 31.2 Å². The molecule has 0 saturated carbocycles. The number of Topliss-reactive ketones (excluding diaryl/α,β-unsaturated/α-hetero) is 2. The number of nitrogens with one attached hydrogen (secondary N) is 1. The lowest BCUT2D eigenvalue weighted by Crippen LogP contribution is -2.15. The molecule has 0 bridgehead atoms. The molecule has 1 aromatic heterocycles. The Labute approximate surface area is 193 Å². The fraction of sp³-hybridized carbons (Fsp3) is 0.0400. The number of nitrogens with zero attached hydrogens (tertiary/aromatic N) is 1. The Hall–Kier alpha value is -3.61. The molecule has 0 unspecified atom stereocenters. The van der Waals surface area contributed by atoms with Crippen molar-refractivity contribution in [2.24, 2.45) is 0 Å². The predicted molar refractivity (Wildman–Crippen MR) is 127 cm³/mol. The molecule has 0 spiro atoms. The Morgan fingerprint density at radius 3 is 1.97 bits per heavy atom. The van der Waals surface area contributed by atoms with E-state index in [2.05, 4.69) is 10.3 Å². The number of halogens is 1. The number of thiazole rings is 1. The van der Waals surface area contributed by atoms with Crippen LogP contribution in [0, 0.1) is 6.92 Å². The molecule has 0 atom stereocenters. The Kier molecular flexibility index (Phi) is 6.25. The van der Waals surface area contributed by atoms with E-state index in [1.165, 1.54) is 35.6 Å². The number of rotatable bonds is 6. The summed E-state index contributed by atoms with van der Waals surface area (Å²) in [5.41, 5.74) is 2.60. The Bertz CT molecular complexity index is 1300. The van der Waals surface area contributed by atoms with Gasteiger partial charge < -0.3 is 0 Å². The number of aryl methyl sites for hydroxylation is 1. The van der Waals surface area contributed by atoms with Crippen molar-refractivity contribution in [1.29, 1.82) is 0 Å². The highest BCUT2D eigenvalue weighted by Gasteiger charge is 2.19. The van der Waals surface area contributed by atoms with Crippen LogP contribution in [0.5, 0.6) is 0 Å². The smallest absolute Gasteiger partial charge is 0.257 e. The van der Waals surface area contributed by atoms with Crippen molar-refractivity contribution in [2.45, 2.75) is 6.92 Å². The second-order valence-corrected chi connectivity index (χ2v) is 8.63. The third-order valence-electron chi connectivity index (χ3n) is 4.79. The van der Waals surface area contributed by atoms with E-state index in [0.717, 1.165) is 16.1 Å². The molecule has 4 rings (SSSR count). The minimum atomic E-state index is -0.619. The molecule has 0 aliphatic carbocycles. The maximum atomic E-state index is 12.6. The summed E-state index contributed by atoms with van der Waals surface area (Å²) in [6, 6.07) is 21.7. The molecule has 0 fully saturated rings. The van der Waals surface area contributed by atoms with Gasteiger partial charge in [0.05, 0.1) is 5.69 Å².